The minimum absolute atomic E-state index is 0.0314. The number of imidazole rings is 1. The largest absolute Gasteiger partial charge is 0.328 e. The first-order chi connectivity index (χ1) is 6.66. The van der Waals surface area contributed by atoms with E-state index in [9.17, 15) is 4.39 Å². The van der Waals surface area contributed by atoms with Crippen molar-refractivity contribution >= 4 is 5.52 Å². The monoisotopic (exact) mass is 193 g/mol. The summed E-state index contributed by atoms with van der Waals surface area (Å²) in [6.45, 7) is 1.90. The summed E-state index contributed by atoms with van der Waals surface area (Å²) in [7, 11) is 0. The van der Waals surface area contributed by atoms with Gasteiger partial charge in [-0.15, -0.1) is 0 Å². The number of hydrogen-bond acceptors (Lipinski definition) is 2. The van der Waals surface area contributed by atoms with Gasteiger partial charge in [0.1, 0.15) is 11.6 Å². The number of nitrogens with two attached hydrogens (primary N) is 1. The Hall–Kier alpha value is -1.42. The molecular weight excluding hydrogens is 181 g/mol. The van der Waals surface area contributed by atoms with E-state index in [0.717, 1.165) is 11.3 Å². The second-order valence-corrected chi connectivity index (χ2v) is 3.50. The number of nitrogens with zero attached hydrogens (tertiary/aromatic N) is 2. The van der Waals surface area contributed by atoms with E-state index in [2.05, 4.69) is 4.98 Å². The molecule has 14 heavy (non-hydrogen) atoms. The van der Waals surface area contributed by atoms with Crippen molar-refractivity contribution in [3.05, 3.63) is 36.2 Å². The van der Waals surface area contributed by atoms with Crippen LogP contribution in [0.15, 0.2) is 24.5 Å². The van der Waals surface area contributed by atoms with Gasteiger partial charge in [-0.2, -0.15) is 0 Å². The van der Waals surface area contributed by atoms with Crippen LogP contribution in [-0.4, -0.2) is 15.4 Å². The fraction of sp³-hybridized carbons (Fsp3) is 0.300. The summed E-state index contributed by atoms with van der Waals surface area (Å²) in [4.78, 5) is 4.19. The van der Waals surface area contributed by atoms with E-state index in [1.807, 2.05) is 6.92 Å². The Morgan fingerprint density at radius 3 is 3.07 bits per heavy atom. The highest BCUT2D eigenvalue weighted by atomic mass is 19.1. The van der Waals surface area contributed by atoms with Gasteiger partial charge in [-0.1, -0.05) is 0 Å². The molecule has 2 aromatic heterocycles. The quantitative estimate of drug-likeness (QED) is 0.782. The van der Waals surface area contributed by atoms with Gasteiger partial charge in [0.2, 0.25) is 0 Å². The van der Waals surface area contributed by atoms with E-state index in [4.69, 9.17) is 5.73 Å². The van der Waals surface area contributed by atoms with E-state index < -0.39 is 0 Å². The van der Waals surface area contributed by atoms with Crippen molar-refractivity contribution in [2.75, 3.05) is 0 Å². The lowest BCUT2D eigenvalue weighted by Gasteiger charge is -2.03. The van der Waals surface area contributed by atoms with Crippen molar-refractivity contribution < 1.29 is 4.39 Å². The maximum atomic E-state index is 13.0. The molecule has 0 aliphatic rings. The Morgan fingerprint density at radius 2 is 2.36 bits per heavy atom. The van der Waals surface area contributed by atoms with Crippen LogP contribution in [0, 0.1) is 5.82 Å². The summed E-state index contributed by atoms with van der Waals surface area (Å²) in [5.74, 6) is 0.538. The Kier molecular flexibility index (Phi) is 2.21. The molecule has 0 radical (unpaired) electrons. The average molecular weight is 193 g/mol. The van der Waals surface area contributed by atoms with E-state index in [-0.39, 0.29) is 11.9 Å². The van der Waals surface area contributed by atoms with Crippen LogP contribution in [0.3, 0.4) is 0 Å². The van der Waals surface area contributed by atoms with Gasteiger partial charge in [-0.25, -0.2) is 9.37 Å². The van der Waals surface area contributed by atoms with Gasteiger partial charge < -0.3 is 10.1 Å². The fourth-order valence-electron chi connectivity index (χ4n) is 1.46. The number of fused-ring (bicyclic) bond motifs is 1. The van der Waals surface area contributed by atoms with Gasteiger partial charge in [-0.05, 0) is 19.1 Å². The molecule has 0 aliphatic heterocycles. The smallest absolute Gasteiger partial charge is 0.139 e. The second-order valence-electron chi connectivity index (χ2n) is 3.50. The molecule has 2 aromatic rings. The molecule has 1 unspecified atom stereocenters. The van der Waals surface area contributed by atoms with E-state index in [0.29, 0.717) is 6.42 Å². The molecule has 0 amide bonds. The second kappa shape index (κ2) is 3.38. The molecule has 0 bridgehead atoms. The fourth-order valence-corrected chi connectivity index (χ4v) is 1.46. The Bertz CT molecular complexity index is 448. The zero-order valence-electron chi connectivity index (χ0n) is 7.94. The first kappa shape index (κ1) is 9.15. The normalized spacial score (nSPS) is 13.4. The van der Waals surface area contributed by atoms with Gasteiger partial charge in [0, 0.05) is 18.7 Å². The van der Waals surface area contributed by atoms with Gasteiger partial charge in [0.25, 0.3) is 0 Å². The zero-order valence-corrected chi connectivity index (χ0v) is 7.94. The van der Waals surface area contributed by atoms with Crippen molar-refractivity contribution in [3.63, 3.8) is 0 Å². The van der Waals surface area contributed by atoms with E-state index in [1.165, 1.54) is 12.3 Å². The number of rotatable bonds is 2. The molecule has 0 aliphatic carbocycles. The molecule has 2 rings (SSSR count). The lowest BCUT2D eigenvalue weighted by Crippen LogP contribution is -2.19. The van der Waals surface area contributed by atoms with Crippen molar-refractivity contribution in [3.8, 4) is 0 Å². The van der Waals surface area contributed by atoms with Crippen LogP contribution in [-0.2, 0) is 6.42 Å². The van der Waals surface area contributed by atoms with Gasteiger partial charge >= 0.3 is 0 Å². The topological polar surface area (TPSA) is 43.3 Å². The maximum Gasteiger partial charge on any atom is 0.139 e. The van der Waals surface area contributed by atoms with Crippen LogP contribution >= 0.6 is 0 Å². The van der Waals surface area contributed by atoms with Gasteiger partial charge in [-0.3, -0.25) is 0 Å². The summed E-state index contributed by atoms with van der Waals surface area (Å²) < 4.78 is 14.7. The molecule has 0 aromatic carbocycles. The molecule has 74 valence electrons. The summed E-state index contributed by atoms with van der Waals surface area (Å²) in [5.41, 5.74) is 6.56. The molecule has 1 atom stereocenters. The Morgan fingerprint density at radius 1 is 1.57 bits per heavy atom. The maximum absolute atomic E-state index is 13.0. The van der Waals surface area contributed by atoms with Gasteiger partial charge in [0.05, 0.1) is 11.7 Å². The number of hydrogen-bond donors (Lipinski definition) is 1. The lowest BCUT2D eigenvalue weighted by molar-refractivity contribution is 0.614. The molecular formula is C10H12FN3. The highest BCUT2D eigenvalue weighted by Gasteiger charge is 2.06. The summed E-state index contributed by atoms with van der Waals surface area (Å²) in [6.07, 6.45) is 3.80. The predicted molar refractivity (Wildman–Crippen MR) is 52.5 cm³/mol. The van der Waals surface area contributed by atoms with Crippen LogP contribution in [0.1, 0.15) is 12.7 Å². The molecule has 0 saturated carbocycles. The van der Waals surface area contributed by atoms with Crippen LogP contribution in [0.5, 0.6) is 0 Å². The van der Waals surface area contributed by atoms with Crippen LogP contribution in [0.25, 0.3) is 5.52 Å². The first-order valence-electron chi connectivity index (χ1n) is 4.54. The minimum atomic E-state index is -0.263. The first-order valence-corrected chi connectivity index (χ1v) is 4.54. The third kappa shape index (κ3) is 1.61. The van der Waals surface area contributed by atoms with Crippen molar-refractivity contribution in [1.82, 2.24) is 9.38 Å². The van der Waals surface area contributed by atoms with Crippen LogP contribution in [0.4, 0.5) is 4.39 Å². The third-order valence-electron chi connectivity index (χ3n) is 2.07. The highest BCUT2D eigenvalue weighted by Crippen LogP contribution is 2.09. The average Bonchev–Trinajstić information content (AvgIpc) is 2.47. The Balaban J connectivity index is 2.50. The minimum Gasteiger partial charge on any atom is -0.328 e. The SMILES string of the molecule is CC(N)Cc1ncc2ccc(F)cn12. The zero-order chi connectivity index (χ0) is 10.1. The molecule has 3 nitrogen and oxygen atoms in total. The van der Waals surface area contributed by atoms with Crippen molar-refractivity contribution in [1.29, 1.82) is 0 Å². The van der Waals surface area contributed by atoms with E-state index in [1.54, 1.807) is 16.7 Å². The van der Waals surface area contributed by atoms with Gasteiger partial charge in [0.15, 0.2) is 0 Å². The summed E-state index contributed by atoms with van der Waals surface area (Å²) in [5, 5.41) is 0. The highest BCUT2D eigenvalue weighted by molar-refractivity contribution is 5.45. The molecule has 0 fully saturated rings. The number of halogens is 1. The standard InChI is InChI=1S/C10H12FN3/c1-7(12)4-10-13-5-9-3-2-8(11)6-14(9)10/h2-3,5-7H,4,12H2,1H3. The summed E-state index contributed by atoms with van der Waals surface area (Å²) >= 11 is 0. The number of pyridine rings is 1. The molecule has 4 heteroatoms. The third-order valence-corrected chi connectivity index (χ3v) is 2.07. The van der Waals surface area contributed by atoms with Crippen LogP contribution in [0.2, 0.25) is 0 Å². The lowest BCUT2D eigenvalue weighted by atomic mass is 10.2. The van der Waals surface area contributed by atoms with Crippen LogP contribution < -0.4 is 5.73 Å². The molecule has 2 heterocycles. The molecule has 2 N–H and O–H groups in total. The molecule has 0 saturated heterocycles. The van der Waals surface area contributed by atoms with Crippen molar-refractivity contribution in [2.24, 2.45) is 5.73 Å². The summed E-state index contributed by atoms with van der Waals surface area (Å²) in [6, 6.07) is 3.16. The number of aromatic nitrogens is 2. The van der Waals surface area contributed by atoms with Crippen molar-refractivity contribution in [2.45, 2.75) is 19.4 Å². The van der Waals surface area contributed by atoms with E-state index >= 15 is 0 Å². The molecule has 0 spiro atoms. The predicted octanol–water partition coefficient (Wildman–Crippen LogP) is 1.36. The Labute approximate surface area is 81.4 Å².